The Morgan fingerprint density at radius 1 is 0.840 bits per heavy atom. The lowest BCUT2D eigenvalue weighted by Crippen LogP contribution is -2.19. The van der Waals surface area contributed by atoms with Crippen molar-refractivity contribution in [3.8, 4) is 0 Å². The Labute approximate surface area is 154 Å². The zero-order chi connectivity index (χ0) is 19.5. The van der Waals surface area contributed by atoms with Crippen LogP contribution in [0.3, 0.4) is 0 Å². The molecule has 0 aromatic carbocycles. The monoisotopic (exact) mass is 359 g/mol. The van der Waals surface area contributed by atoms with Gasteiger partial charge < -0.3 is 15.9 Å². The summed E-state index contributed by atoms with van der Waals surface area (Å²) < 4.78 is 0. The molecule has 0 aliphatic heterocycles. The van der Waals surface area contributed by atoms with Gasteiger partial charge in [-0.3, -0.25) is 9.59 Å². The number of unbranched alkanes of at least 4 members (excludes halogenated alkanes) is 8. The van der Waals surface area contributed by atoms with E-state index in [-0.39, 0.29) is 12.3 Å². The van der Waals surface area contributed by atoms with Gasteiger partial charge in [-0.1, -0.05) is 72.1 Å². The summed E-state index contributed by atoms with van der Waals surface area (Å²) in [4.78, 5) is 20.5. The first kappa shape index (κ1) is 26.1. The average molecular weight is 360 g/mol. The lowest BCUT2D eigenvalue weighted by Gasteiger charge is -2.13. The zero-order valence-electron chi connectivity index (χ0n) is 16.6. The average Bonchev–Trinajstić information content (AvgIpc) is 2.52. The molecule has 0 heterocycles. The van der Waals surface area contributed by atoms with E-state index in [9.17, 15) is 9.59 Å². The van der Waals surface area contributed by atoms with Gasteiger partial charge in [-0.05, 0) is 31.2 Å². The third-order valence-electron chi connectivity index (χ3n) is 4.10. The van der Waals surface area contributed by atoms with Crippen molar-refractivity contribution in [3.63, 3.8) is 0 Å². The van der Waals surface area contributed by atoms with Crippen molar-refractivity contribution in [3.05, 3.63) is 0 Å². The predicted molar refractivity (Wildman–Crippen MR) is 104 cm³/mol. The van der Waals surface area contributed by atoms with Crippen molar-refractivity contribution in [2.24, 2.45) is 17.6 Å². The predicted octanol–water partition coefficient (Wildman–Crippen LogP) is 5.07. The van der Waals surface area contributed by atoms with E-state index in [4.69, 9.17) is 15.9 Å². The van der Waals surface area contributed by atoms with Gasteiger partial charge >= 0.3 is 11.9 Å². The van der Waals surface area contributed by atoms with Gasteiger partial charge in [-0.25, -0.2) is 0 Å². The van der Waals surface area contributed by atoms with Crippen LogP contribution in [0, 0.1) is 11.8 Å². The SMILES string of the molecule is CC(C)C[C@H](CN)CC(=O)O.CCCCCCCCCCCC(=O)O. The molecule has 0 bridgehead atoms. The van der Waals surface area contributed by atoms with Crippen LogP contribution in [0.15, 0.2) is 0 Å². The Morgan fingerprint density at radius 3 is 1.68 bits per heavy atom. The first-order valence-electron chi connectivity index (χ1n) is 9.97. The smallest absolute Gasteiger partial charge is 0.303 e. The van der Waals surface area contributed by atoms with Crippen LogP contribution in [0.25, 0.3) is 0 Å². The Bertz CT molecular complexity index is 319. The van der Waals surface area contributed by atoms with Gasteiger partial charge in [0.15, 0.2) is 0 Å². The standard InChI is InChI=1S/C12H24O2.C8H17NO2/c1-2-3-4-5-6-7-8-9-10-11-12(13)14;1-6(2)3-7(5-9)4-8(10)11/h2-11H2,1H3,(H,13,14);6-7H,3-5,9H2,1-2H3,(H,10,11)/t;7-/m.0/s1. The summed E-state index contributed by atoms with van der Waals surface area (Å²) in [6, 6.07) is 0. The van der Waals surface area contributed by atoms with Gasteiger partial charge in [-0.15, -0.1) is 0 Å². The summed E-state index contributed by atoms with van der Waals surface area (Å²) in [6.45, 7) is 6.85. The second kappa shape index (κ2) is 19.2. The third-order valence-corrected chi connectivity index (χ3v) is 4.10. The van der Waals surface area contributed by atoms with E-state index in [1.165, 1.54) is 44.9 Å². The van der Waals surface area contributed by atoms with Gasteiger partial charge in [-0.2, -0.15) is 0 Å². The van der Waals surface area contributed by atoms with Crippen molar-refractivity contribution >= 4 is 11.9 Å². The number of hydrogen-bond donors (Lipinski definition) is 3. The molecule has 0 radical (unpaired) electrons. The number of nitrogens with two attached hydrogens (primary N) is 1. The Hall–Kier alpha value is -1.10. The molecule has 5 nitrogen and oxygen atoms in total. The molecule has 0 aliphatic carbocycles. The number of carboxylic acid groups (broad SMARTS) is 2. The minimum Gasteiger partial charge on any atom is -0.481 e. The summed E-state index contributed by atoms with van der Waals surface area (Å²) in [5.41, 5.74) is 5.41. The third kappa shape index (κ3) is 25.3. The number of carbonyl (C=O) groups is 2. The van der Waals surface area contributed by atoms with E-state index in [0.717, 1.165) is 19.3 Å². The molecule has 4 N–H and O–H groups in total. The van der Waals surface area contributed by atoms with Crippen molar-refractivity contribution in [2.45, 2.75) is 97.8 Å². The molecule has 0 aromatic rings. The van der Waals surface area contributed by atoms with Crippen LogP contribution in [-0.2, 0) is 9.59 Å². The van der Waals surface area contributed by atoms with Crippen molar-refractivity contribution < 1.29 is 19.8 Å². The van der Waals surface area contributed by atoms with Crippen molar-refractivity contribution in [2.75, 3.05) is 6.54 Å². The van der Waals surface area contributed by atoms with E-state index in [1.54, 1.807) is 0 Å². The van der Waals surface area contributed by atoms with Gasteiger partial charge in [0.2, 0.25) is 0 Å². The summed E-state index contributed by atoms with van der Waals surface area (Å²) in [6.07, 6.45) is 12.6. The molecular weight excluding hydrogens is 318 g/mol. The highest BCUT2D eigenvalue weighted by molar-refractivity contribution is 5.67. The minimum absolute atomic E-state index is 0.146. The zero-order valence-corrected chi connectivity index (χ0v) is 16.6. The van der Waals surface area contributed by atoms with E-state index < -0.39 is 11.9 Å². The maximum Gasteiger partial charge on any atom is 0.303 e. The number of aliphatic carboxylic acids is 2. The molecule has 0 aromatic heterocycles. The van der Waals surface area contributed by atoms with Gasteiger partial charge in [0, 0.05) is 12.8 Å². The Kier molecular flexibility index (Phi) is 20.1. The van der Waals surface area contributed by atoms with E-state index in [1.807, 2.05) is 0 Å². The highest BCUT2D eigenvalue weighted by Crippen LogP contribution is 2.13. The molecule has 150 valence electrons. The van der Waals surface area contributed by atoms with Crippen LogP contribution in [0.1, 0.15) is 97.8 Å². The van der Waals surface area contributed by atoms with Crippen molar-refractivity contribution in [1.82, 2.24) is 0 Å². The summed E-state index contributed by atoms with van der Waals surface area (Å²) in [5.74, 6) is -0.732. The van der Waals surface area contributed by atoms with E-state index >= 15 is 0 Å². The fraction of sp³-hybridized carbons (Fsp3) is 0.900. The van der Waals surface area contributed by atoms with Crippen molar-refractivity contribution in [1.29, 1.82) is 0 Å². The lowest BCUT2D eigenvalue weighted by atomic mass is 9.94. The van der Waals surface area contributed by atoms with Crippen LogP contribution in [0.2, 0.25) is 0 Å². The molecule has 0 unspecified atom stereocenters. The first-order chi connectivity index (χ1) is 11.8. The summed E-state index contributed by atoms with van der Waals surface area (Å²) in [7, 11) is 0. The number of carboxylic acids is 2. The molecule has 0 rings (SSSR count). The molecule has 0 spiro atoms. The molecule has 0 aliphatic rings. The highest BCUT2D eigenvalue weighted by Gasteiger charge is 2.12. The molecular formula is C20H41NO4. The van der Waals surface area contributed by atoms with Gasteiger partial charge in [0.25, 0.3) is 0 Å². The topological polar surface area (TPSA) is 101 Å². The molecule has 5 heteroatoms. The molecule has 25 heavy (non-hydrogen) atoms. The van der Waals surface area contributed by atoms with Gasteiger partial charge in [0.1, 0.15) is 0 Å². The maximum atomic E-state index is 10.3. The molecule has 0 fully saturated rings. The van der Waals surface area contributed by atoms with Crippen LogP contribution in [0.5, 0.6) is 0 Å². The molecule has 0 saturated carbocycles. The lowest BCUT2D eigenvalue weighted by molar-refractivity contribution is -0.138. The molecule has 0 amide bonds. The maximum absolute atomic E-state index is 10.3. The van der Waals surface area contributed by atoms with Crippen LogP contribution in [-0.4, -0.2) is 28.7 Å². The largest absolute Gasteiger partial charge is 0.481 e. The molecule has 1 atom stereocenters. The Morgan fingerprint density at radius 2 is 1.32 bits per heavy atom. The number of rotatable bonds is 15. The van der Waals surface area contributed by atoms with E-state index in [2.05, 4.69) is 20.8 Å². The first-order valence-corrected chi connectivity index (χ1v) is 9.97. The minimum atomic E-state index is -0.749. The van der Waals surface area contributed by atoms with E-state index in [0.29, 0.717) is 18.9 Å². The normalized spacial score (nSPS) is 11.7. The summed E-state index contributed by atoms with van der Waals surface area (Å²) >= 11 is 0. The quantitative estimate of drug-likeness (QED) is 0.354. The Balaban J connectivity index is 0. The fourth-order valence-corrected chi connectivity index (χ4v) is 2.76. The van der Waals surface area contributed by atoms with Crippen LogP contribution in [0.4, 0.5) is 0 Å². The fourth-order valence-electron chi connectivity index (χ4n) is 2.76. The molecule has 0 saturated heterocycles. The second-order valence-electron chi connectivity index (χ2n) is 7.30. The van der Waals surface area contributed by atoms with Gasteiger partial charge in [0.05, 0.1) is 0 Å². The summed E-state index contributed by atoms with van der Waals surface area (Å²) in [5, 5.41) is 16.9. The van der Waals surface area contributed by atoms with Crippen LogP contribution >= 0.6 is 0 Å². The highest BCUT2D eigenvalue weighted by atomic mass is 16.4. The van der Waals surface area contributed by atoms with Crippen LogP contribution < -0.4 is 5.73 Å². The number of hydrogen-bond acceptors (Lipinski definition) is 3. The second-order valence-corrected chi connectivity index (χ2v) is 7.30.